The van der Waals surface area contributed by atoms with Gasteiger partial charge in [0.2, 0.25) is 0 Å². The number of fused-ring (bicyclic) bond motifs is 1. The van der Waals surface area contributed by atoms with Gasteiger partial charge in [-0.2, -0.15) is 0 Å². The summed E-state index contributed by atoms with van der Waals surface area (Å²) >= 11 is 9.99. The molecule has 0 amide bonds. The van der Waals surface area contributed by atoms with E-state index in [2.05, 4.69) is 0 Å². The summed E-state index contributed by atoms with van der Waals surface area (Å²) in [6.07, 6.45) is 0. The van der Waals surface area contributed by atoms with Crippen LogP contribution in [0.1, 0.15) is 0 Å². The van der Waals surface area contributed by atoms with Crippen molar-refractivity contribution in [3.63, 3.8) is 0 Å². The molecule has 0 aromatic rings. The van der Waals surface area contributed by atoms with Crippen molar-refractivity contribution in [1.82, 2.24) is 0 Å². The third-order valence-corrected chi connectivity index (χ3v) is 24.9. The lowest BCUT2D eigenvalue weighted by molar-refractivity contribution is 2.27. The van der Waals surface area contributed by atoms with Crippen LogP contribution in [0.5, 0.6) is 0 Å². The van der Waals surface area contributed by atoms with E-state index in [4.69, 9.17) is 22.4 Å². The Kier molecular flexibility index (Phi) is 1.17. The molecule has 0 aliphatic carbocycles. The van der Waals surface area contributed by atoms with E-state index in [9.17, 15) is 0 Å². The van der Waals surface area contributed by atoms with Crippen molar-refractivity contribution in [2.45, 2.75) is 3.91 Å². The Hall–Kier alpha value is 1.84. The maximum atomic E-state index is 5.00. The molecule has 0 unspecified atom stereocenters. The molecule has 0 aromatic carbocycles. The molecule has 2 rings (SSSR count). The Morgan fingerprint density at radius 1 is 1.43 bits per heavy atom. The molecule has 42 valence electrons. The molecule has 0 bridgehead atoms. The summed E-state index contributed by atoms with van der Waals surface area (Å²) in [5, 5.41) is 0. The Morgan fingerprint density at radius 3 is 1.86 bits per heavy atom. The van der Waals surface area contributed by atoms with Crippen LogP contribution in [-0.4, -0.2) is 3.91 Å². The first-order valence-electron chi connectivity index (χ1n) is 1.59. The van der Waals surface area contributed by atoms with Crippen LogP contribution in [0.15, 0.2) is 0 Å². The van der Waals surface area contributed by atoms with Crippen LogP contribution in [0, 0.1) is 0 Å². The molecule has 2 heterocycles. The quantitative estimate of drug-likeness (QED) is 0.393. The second kappa shape index (κ2) is 1.46. The molecule has 2 fully saturated rings. The van der Waals surface area contributed by atoms with E-state index in [1.54, 1.807) is 0 Å². The Balaban J connectivity index is 2.37. The molecule has 0 radical (unpaired) electrons. The van der Waals surface area contributed by atoms with Crippen molar-refractivity contribution in [2.75, 3.05) is 0 Å². The van der Waals surface area contributed by atoms with Crippen LogP contribution in [0.4, 0.5) is 0 Å². The van der Waals surface area contributed by atoms with Crippen LogP contribution < -0.4 is 0 Å². The first kappa shape index (κ1) is 5.61. The smallest absolute Gasteiger partial charge is 0.0644 e. The monoisotopic (exact) mass is 206 g/mol. The highest BCUT2D eigenvalue weighted by Crippen LogP contribution is 3.12. The van der Waals surface area contributed by atoms with Gasteiger partial charge in [-0.1, -0.05) is 28.7 Å². The molecular weight excluding hydrogens is 204 g/mol. The highest BCUT2D eigenvalue weighted by Gasteiger charge is 2.70. The molecule has 6 heteroatoms. The molecule has 0 atom stereocenters. The van der Waals surface area contributed by atoms with Crippen LogP contribution >= 0.6 is 28.7 Å². The largest absolute Gasteiger partial charge is 0.126 e. The first-order valence-corrected chi connectivity index (χ1v) is 10.1. The van der Waals surface area contributed by atoms with Crippen molar-refractivity contribution < 1.29 is 0 Å². The fourth-order valence-electron chi connectivity index (χ4n) is 0.328. The first-order chi connectivity index (χ1) is 3.26. The third kappa shape index (κ3) is 0.679. The van der Waals surface area contributed by atoms with E-state index in [1.807, 2.05) is 21.6 Å². The van der Waals surface area contributed by atoms with E-state index < -0.39 is 0 Å². The Bertz CT molecular complexity index is 163. The highest BCUT2D eigenvalue weighted by atomic mass is 34.0. The Labute approximate surface area is 61.5 Å². The molecule has 7 heavy (non-hydrogen) atoms. The lowest BCUT2D eigenvalue weighted by Gasteiger charge is -1.91. The molecule has 2 aliphatic heterocycles. The fourth-order valence-corrected chi connectivity index (χ4v) is 22.0. The van der Waals surface area contributed by atoms with Crippen LogP contribution in [0.25, 0.3) is 0 Å². The van der Waals surface area contributed by atoms with Gasteiger partial charge in [0.05, 0.1) is 0 Å². The minimum absolute atomic E-state index is 0.296. The van der Waals surface area contributed by atoms with Crippen LogP contribution in [-0.2, 0) is 29.4 Å². The van der Waals surface area contributed by atoms with E-state index in [1.165, 1.54) is 0 Å². The zero-order valence-corrected chi connectivity index (χ0v) is 8.04. The predicted octanol–water partition coefficient (Wildman–Crippen LogP) is 1.59. The lowest BCUT2D eigenvalue weighted by atomic mass is 11.9. The predicted molar refractivity (Wildman–Crippen MR) is 50.1 cm³/mol. The summed E-state index contributed by atoms with van der Waals surface area (Å²) in [5.41, 5.74) is 0. The van der Waals surface area contributed by atoms with Crippen molar-refractivity contribution in [3.05, 3.63) is 0 Å². The van der Waals surface area contributed by atoms with Gasteiger partial charge in [-0.15, -0.1) is 0 Å². The summed E-state index contributed by atoms with van der Waals surface area (Å²) < 4.78 is 0.925. The molecule has 0 spiro atoms. The van der Waals surface area contributed by atoms with Crippen LogP contribution in [0.2, 0.25) is 0 Å². The Morgan fingerprint density at radius 2 is 1.86 bits per heavy atom. The zero-order chi connectivity index (χ0) is 5.07. The van der Waals surface area contributed by atoms with Crippen LogP contribution in [0.3, 0.4) is 0 Å². The summed E-state index contributed by atoms with van der Waals surface area (Å²) in [5.74, 6) is 0. The second-order valence-corrected chi connectivity index (χ2v) is 18.9. The van der Waals surface area contributed by atoms with Gasteiger partial charge in [-0.25, -0.2) is 0 Å². The summed E-state index contributed by atoms with van der Waals surface area (Å²) in [6, 6.07) is 0. The van der Waals surface area contributed by atoms with Gasteiger partial charge in [0.25, 0.3) is 0 Å². The molecule has 2 saturated heterocycles. The summed E-state index contributed by atoms with van der Waals surface area (Å²) in [6.45, 7) is 0. The zero-order valence-electron chi connectivity index (χ0n) is 3.07. The molecular formula is CH2S6. The van der Waals surface area contributed by atoms with Crippen molar-refractivity contribution in [2.24, 2.45) is 0 Å². The van der Waals surface area contributed by atoms with Gasteiger partial charge < -0.3 is 0 Å². The third-order valence-electron chi connectivity index (χ3n) is 0.808. The molecule has 2 aliphatic rings. The standard InChI is InChI=1S/CH2S6/c2-6(3)7-1(4-7)5-7/h1,6H. The second-order valence-electron chi connectivity index (χ2n) is 1.22. The molecule has 0 nitrogen and oxygen atoms in total. The topological polar surface area (TPSA) is 0 Å². The molecule has 0 saturated carbocycles. The fraction of sp³-hybridized carbons (Fsp3) is 1.00. The van der Waals surface area contributed by atoms with Crippen molar-refractivity contribution in [3.8, 4) is 0 Å². The number of rotatable bonds is 1. The summed E-state index contributed by atoms with van der Waals surface area (Å²) in [4.78, 5) is 0. The molecule has 0 aromatic heterocycles. The van der Waals surface area contributed by atoms with Crippen molar-refractivity contribution in [1.29, 1.82) is 0 Å². The van der Waals surface area contributed by atoms with Gasteiger partial charge in [0.1, 0.15) is 3.91 Å². The maximum absolute atomic E-state index is 5.00. The van der Waals surface area contributed by atoms with Gasteiger partial charge in [0, 0.05) is 0 Å². The number of thiol groups is 1. The van der Waals surface area contributed by atoms with E-state index in [-0.39, 0.29) is 14.2 Å². The average Bonchev–Trinajstić information content (AvgIpc) is 2.04. The van der Waals surface area contributed by atoms with E-state index in [0.717, 1.165) is 3.91 Å². The highest BCUT2D eigenvalue weighted by molar-refractivity contribution is 9.70. The minimum Gasteiger partial charge on any atom is -0.0644 e. The van der Waals surface area contributed by atoms with Gasteiger partial charge >= 0.3 is 0 Å². The molecule has 0 N–H and O–H groups in total. The van der Waals surface area contributed by atoms with Gasteiger partial charge in [0.15, 0.2) is 0 Å². The normalized spacial score (nSPS) is 63.3. The SMILES string of the molecule is S=[SH](=S)S12SC1S2. The van der Waals surface area contributed by atoms with Crippen molar-refractivity contribution >= 4 is 58.1 Å². The van der Waals surface area contributed by atoms with E-state index >= 15 is 0 Å². The van der Waals surface area contributed by atoms with Gasteiger partial charge in [-0.3, -0.25) is 0 Å². The number of hydrogen-bond donors (Lipinski definition) is 1. The summed E-state index contributed by atoms with van der Waals surface area (Å²) in [7, 11) is 3.41. The van der Waals surface area contributed by atoms with Gasteiger partial charge in [-0.05, 0) is 29.4 Å². The van der Waals surface area contributed by atoms with E-state index in [0.29, 0.717) is 0 Å². The average molecular weight is 206 g/mol. The number of hydrogen-bond acceptors (Lipinski definition) is 4. The lowest BCUT2D eigenvalue weighted by Crippen LogP contribution is -1.50. The minimum atomic E-state index is -0.380. The maximum Gasteiger partial charge on any atom is 0.126 e.